The summed E-state index contributed by atoms with van der Waals surface area (Å²) in [5.74, 6) is 0.152. The predicted molar refractivity (Wildman–Crippen MR) is 74.0 cm³/mol. The van der Waals surface area contributed by atoms with Crippen LogP contribution in [0.3, 0.4) is 0 Å². The molecule has 5 nitrogen and oxygen atoms in total. The molecule has 0 bridgehead atoms. The van der Waals surface area contributed by atoms with Crippen LogP contribution in [-0.2, 0) is 4.79 Å². The van der Waals surface area contributed by atoms with Gasteiger partial charge < -0.3 is 0 Å². The first kappa shape index (κ1) is 11.6. The number of aromatic nitrogens is 2. The Morgan fingerprint density at radius 2 is 2.00 bits per heavy atom. The molecule has 1 aromatic heterocycles. The molecule has 2 aromatic rings. The third kappa shape index (κ3) is 2.03. The van der Waals surface area contributed by atoms with Crippen molar-refractivity contribution in [1.82, 2.24) is 9.66 Å². The summed E-state index contributed by atoms with van der Waals surface area (Å²) >= 11 is 0. The zero-order valence-corrected chi connectivity index (χ0v) is 10.8. The lowest BCUT2D eigenvalue weighted by Gasteiger charge is -2.05. The minimum atomic E-state index is -0.234. The molecule has 0 saturated carbocycles. The smallest absolute Gasteiger partial charge is 0.235 e. The summed E-state index contributed by atoms with van der Waals surface area (Å²) in [6.45, 7) is 3.68. The van der Waals surface area contributed by atoms with Crippen LogP contribution in [0.15, 0.2) is 41.6 Å². The Kier molecular flexibility index (Phi) is 2.67. The van der Waals surface area contributed by atoms with Crippen LogP contribution in [0.5, 0.6) is 0 Å². The average molecular weight is 254 g/mol. The van der Waals surface area contributed by atoms with E-state index in [1.54, 1.807) is 4.68 Å². The molecule has 0 spiro atoms. The Morgan fingerprint density at radius 3 is 2.74 bits per heavy atom. The molecule has 0 fully saturated rings. The number of nitrogens with zero attached hydrogens (tertiary/aromatic N) is 3. The van der Waals surface area contributed by atoms with E-state index in [0.717, 1.165) is 17.0 Å². The van der Waals surface area contributed by atoms with Crippen LogP contribution in [0.2, 0.25) is 0 Å². The first-order valence-electron chi connectivity index (χ1n) is 6.16. The number of amides is 1. The van der Waals surface area contributed by atoms with Crippen LogP contribution < -0.4 is 5.32 Å². The van der Waals surface area contributed by atoms with E-state index in [4.69, 9.17) is 0 Å². The standard InChI is InChI=1S/C14H14N4O/c1-9-10(2)17-18-8-12(11-6-4-3-5-7-11)15-14(18)16-13(9)19/h3-9H,1-2H3,(H,15,16,19)/t9-/m0/s1. The zero-order valence-electron chi connectivity index (χ0n) is 10.8. The fraction of sp³-hybridized carbons (Fsp3) is 0.214. The third-order valence-corrected chi connectivity index (χ3v) is 3.28. The summed E-state index contributed by atoms with van der Waals surface area (Å²) in [6, 6.07) is 9.81. The highest BCUT2D eigenvalue weighted by Crippen LogP contribution is 2.23. The van der Waals surface area contributed by atoms with Crippen LogP contribution >= 0.6 is 0 Å². The number of carbonyl (C=O) groups is 1. The van der Waals surface area contributed by atoms with Crippen LogP contribution in [0.1, 0.15) is 13.8 Å². The van der Waals surface area contributed by atoms with E-state index >= 15 is 0 Å². The molecule has 1 aliphatic heterocycles. The van der Waals surface area contributed by atoms with Crippen molar-refractivity contribution in [1.29, 1.82) is 0 Å². The van der Waals surface area contributed by atoms with E-state index in [2.05, 4.69) is 15.4 Å². The van der Waals surface area contributed by atoms with Crippen molar-refractivity contribution in [2.45, 2.75) is 13.8 Å². The highest BCUT2D eigenvalue weighted by atomic mass is 16.2. The van der Waals surface area contributed by atoms with E-state index in [9.17, 15) is 4.79 Å². The van der Waals surface area contributed by atoms with Crippen LogP contribution in [0.4, 0.5) is 5.95 Å². The Balaban J connectivity index is 2.07. The van der Waals surface area contributed by atoms with Crippen LogP contribution in [-0.4, -0.2) is 21.3 Å². The van der Waals surface area contributed by atoms with E-state index in [0.29, 0.717) is 5.95 Å². The van der Waals surface area contributed by atoms with Gasteiger partial charge in [0.05, 0.1) is 17.8 Å². The van der Waals surface area contributed by atoms with Gasteiger partial charge in [-0.05, 0) is 13.8 Å². The van der Waals surface area contributed by atoms with E-state index in [1.165, 1.54) is 0 Å². The number of anilines is 1. The summed E-state index contributed by atoms with van der Waals surface area (Å²) in [4.78, 5) is 16.3. The van der Waals surface area contributed by atoms with Gasteiger partial charge in [-0.15, -0.1) is 0 Å². The van der Waals surface area contributed by atoms with Gasteiger partial charge in [0.25, 0.3) is 0 Å². The molecule has 3 rings (SSSR count). The van der Waals surface area contributed by atoms with Gasteiger partial charge in [0.2, 0.25) is 11.9 Å². The summed E-state index contributed by atoms with van der Waals surface area (Å²) in [5.41, 5.74) is 2.56. The molecule has 1 amide bonds. The van der Waals surface area contributed by atoms with Gasteiger partial charge >= 0.3 is 0 Å². The lowest BCUT2D eigenvalue weighted by atomic mass is 10.1. The van der Waals surface area contributed by atoms with E-state index in [1.807, 2.05) is 50.4 Å². The van der Waals surface area contributed by atoms with Crippen molar-refractivity contribution in [2.24, 2.45) is 11.0 Å². The van der Waals surface area contributed by atoms with Gasteiger partial charge in [0, 0.05) is 11.3 Å². The van der Waals surface area contributed by atoms with E-state index < -0.39 is 0 Å². The van der Waals surface area contributed by atoms with Crippen LogP contribution in [0.25, 0.3) is 11.3 Å². The molecule has 0 saturated heterocycles. The fourth-order valence-corrected chi connectivity index (χ4v) is 1.95. The molecule has 2 heterocycles. The summed E-state index contributed by atoms with van der Waals surface area (Å²) in [6.07, 6.45) is 1.83. The summed E-state index contributed by atoms with van der Waals surface area (Å²) < 4.78 is 1.62. The first-order valence-corrected chi connectivity index (χ1v) is 6.16. The average Bonchev–Trinajstić information content (AvgIpc) is 2.77. The predicted octanol–water partition coefficient (Wildman–Crippen LogP) is 2.36. The SMILES string of the molecule is CC1=Nn2cc(-c3ccccc3)nc2NC(=O)[C@H]1C. The van der Waals surface area contributed by atoms with Gasteiger partial charge in [-0.2, -0.15) is 5.10 Å². The van der Waals surface area contributed by atoms with Gasteiger partial charge in [-0.25, -0.2) is 9.66 Å². The Morgan fingerprint density at radius 1 is 1.26 bits per heavy atom. The molecular weight excluding hydrogens is 240 g/mol. The number of rotatable bonds is 1. The first-order chi connectivity index (χ1) is 9.15. The second-order valence-corrected chi connectivity index (χ2v) is 4.61. The topological polar surface area (TPSA) is 59.3 Å². The number of imidazole rings is 1. The van der Waals surface area contributed by atoms with Crippen LogP contribution in [0, 0.1) is 5.92 Å². The van der Waals surface area contributed by atoms with Crippen molar-refractivity contribution < 1.29 is 4.79 Å². The highest BCUT2D eigenvalue weighted by Gasteiger charge is 2.23. The number of benzene rings is 1. The Labute approximate surface area is 111 Å². The van der Waals surface area contributed by atoms with Gasteiger partial charge in [-0.3, -0.25) is 10.1 Å². The lowest BCUT2D eigenvalue weighted by Crippen LogP contribution is -2.24. The zero-order chi connectivity index (χ0) is 13.4. The maximum atomic E-state index is 11.9. The van der Waals surface area contributed by atoms with E-state index in [-0.39, 0.29) is 11.8 Å². The molecule has 1 N–H and O–H groups in total. The highest BCUT2D eigenvalue weighted by molar-refractivity contribution is 6.08. The number of hydrogen-bond donors (Lipinski definition) is 1. The minimum Gasteiger partial charge on any atom is -0.294 e. The number of fused-ring (bicyclic) bond motifs is 1. The molecular formula is C14H14N4O. The van der Waals surface area contributed by atoms with Crippen molar-refractivity contribution in [2.75, 3.05) is 5.32 Å². The monoisotopic (exact) mass is 254 g/mol. The summed E-state index contributed by atoms with van der Waals surface area (Å²) in [7, 11) is 0. The molecule has 96 valence electrons. The van der Waals surface area contributed by atoms with Gasteiger partial charge in [0.1, 0.15) is 0 Å². The maximum Gasteiger partial charge on any atom is 0.235 e. The second-order valence-electron chi connectivity index (χ2n) is 4.61. The number of hydrogen-bond acceptors (Lipinski definition) is 3. The number of carbonyl (C=O) groups excluding carboxylic acids is 1. The Bertz CT molecular complexity index is 657. The molecule has 1 aromatic carbocycles. The molecule has 1 aliphatic rings. The third-order valence-electron chi connectivity index (χ3n) is 3.28. The normalized spacial score (nSPS) is 18.3. The maximum absolute atomic E-state index is 11.9. The molecule has 19 heavy (non-hydrogen) atoms. The van der Waals surface area contributed by atoms with Crippen molar-refractivity contribution in [3.63, 3.8) is 0 Å². The second kappa shape index (κ2) is 4.35. The molecule has 0 radical (unpaired) electrons. The molecule has 1 atom stereocenters. The minimum absolute atomic E-state index is 0.0785. The van der Waals surface area contributed by atoms with Crippen molar-refractivity contribution in [3.8, 4) is 11.3 Å². The lowest BCUT2D eigenvalue weighted by molar-refractivity contribution is -0.117. The fourth-order valence-electron chi connectivity index (χ4n) is 1.95. The summed E-state index contributed by atoms with van der Waals surface area (Å²) in [5, 5.41) is 7.20. The molecule has 0 unspecified atom stereocenters. The number of nitrogens with one attached hydrogen (secondary N) is 1. The largest absolute Gasteiger partial charge is 0.294 e. The molecule has 5 heteroatoms. The van der Waals surface area contributed by atoms with Crippen molar-refractivity contribution in [3.05, 3.63) is 36.5 Å². The molecule has 0 aliphatic carbocycles. The van der Waals surface area contributed by atoms with Crippen molar-refractivity contribution >= 4 is 17.6 Å². The van der Waals surface area contributed by atoms with Gasteiger partial charge in [-0.1, -0.05) is 30.3 Å². The van der Waals surface area contributed by atoms with Gasteiger partial charge in [0.15, 0.2) is 0 Å². The quantitative estimate of drug-likeness (QED) is 0.849. The Hall–Kier alpha value is -2.43.